The lowest BCUT2D eigenvalue weighted by Gasteiger charge is -2.14. The Hall–Kier alpha value is -0.770. The molecule has 1 amide bonds. The monoisotopic (exact) mass is 132 g/mol. The van der Waals surface area contributed by atoms with Crippen LogP contribution >= 0.6 is 0 Å². The van der Waals surface area contributed by atoms with Crippen molar-refractivity contribution in [2.45, 2.75) is 13.0 Å². The molecule has 4 heteroatoms. The van der Waals surface area contributed by atoms with E-state index in [0.29, 0.717) is 6.54 Å². The molecular formula is C5H12N2O2. The van der Waals surface area contributed by atoms with Gasteiger partial charge in [0.2, 0.25) is 0 Å². The molecule has 0 heterocycles. The van der Waals surface area contributed by atoms with Crippen LogP contribution in [0.4, 0.5) is 4.79 Å². The van der Waals surface area contributed by atoms with Gasteiger partial charge in [-0.2, -0.15) is 0 Å². The third kappa shape index (κ3) is 3.78. The molecule has 54 valence electrons. The Balaban J connectivity index is 3.50. The van der Waals surface area contributed by atoms with Gasteiger partial charge in [-0.15, -0.1) is 0 Å². The second kappa shape index (κ2) is 3.29. The minimum Gasteiger partial charge on any atom is -0.465 e. The highest BCUT2D eigenvalue weighted by Crippen LogP contribution is 1.84. The van der Waals surface area contributed by atoms with E-state index in [-0.39, 0.29) is 6.04 Å². The van der Waals surface area contributed by atoms with E-state index in [2.05, 4.69) is 0 Å². The summed E-state index contributed by atoms with van der Waals surface area (Å²) in [6.07, 6.45) is -0.938. The quantitative estimate of drug-likeness (QED) is 0.553. The van der Waals surface area contributed by atoms with Crippen LogP contribution in [0.2, 0.25) is 0 Å². The molecule has 0 aromatic rings. The van der Waals surface area contributed by atoms with E-state index in [1.807, 2.05) is 0 Å². The van der Waals surface area contributed by atoms with Crippen LogP contribution in [0.15, 0.2) is 0 Å². The fourth-order valence-corrected chi connectivity index (χ4v) is 0.510. The van der Waals surface area contributed by atoms with Gasteiger partial charge in [0.15, 0.2) is 0 Å². The molecule has 0 aromatic heterocycles. The van der Waals surface area contributed by atoms with E-state index in [1.165, 1.54) is 7.05 Å². The average molecular weight is 132 g/mol. The Morgan fingerprint density at radius 3 is 2.44 bits per heavy atom. The van der Waals surface area contributed by atoms with Crippen molar-refractivity contribution in [3.63, 3.8) is 0 Å². The number of rotatable bonds is 2. The second-order valence-electron chi connectivity index (χ2n) is 2.14. The summed E-state index contributed by atoms with van der Waals surface area (Å²) in [6.45, 7) is 2.15. The van der Waals surface area contributed by atoms with Gasteiger partial charge in [-0.1, -0.05) is 0 Å². The molecule has 1 unspecified atom stereocenters. The Labute approximate surface area is 54.3 Å². The third-order valence-corrected chi connectivity index (χ3v) is 0.888. The number of nitrogens with two attached hydrogens (primary N) is 1. The van der Waals surface area contributed by atoms with Crippen molar-refractivity contribution in [1.29, 1.82) is 0 Å². The topological polar surface area (TPSA) is 66.6 Å². The number of carboxylic acid groups (broad SMARTS) is 1. The van der Waals surface area contributed by atoms with E-state index in [0.717, 1.165) is 4.90 Å². The first-order valence-electron chi connectivity index (χ1n) is 2.73. The maximum atomic E-state index is 10.1. The largest absolute Gasteiger partial charge is 0.465 e. The van der Waals surface area contributed by atoms with Gasteiger partial charge in [-0.25, -0.2) is 4.79 Å². The molecule has 0 fully saturated rings. The zero-order valence-electron chi connectivity index (χ0n) is 5.66. The molecule has 0 aromatic carbocycles. The molecule has 0 saturated heterocycles. The smallest absolute Gasteiger partial charge is 0.407 e. The lowest BCUT2D eigenvalue weighted by Crippen LogP contribution is -2.35. The predicted molar refractivity (Wildman–Crippen MR) is 34.3 cm³/mol. The third-order valence-electron chi connectivity index (χ3n) is 0.888. The van der Waals surface area contributed by atoms with Crippen molar-refractivity contribution >= 4 is 6.09 Å². The summed E-state index contributed by atoms with van der Waals surface area (Å²) in [6, 6.07) is -0.0916. The van der Waals surface area contributed by atoms with Gasteiger partial charge in [0.1, 0.15) is 0 Å². The molecule has 0 saturated carbocycles. The zero-order chi connectivity index (χ0) is 7.44. The minimum absolute atomic E-state index is 0.0916. The number of hydrogen-bond acceptors (Lipinski definition) is 2. The highest BCUT2D eigenvalue weighted by Gasteiger charge is 2.05. The van der Waals surface area contributed by atoms with Crippen molar-refractivity contribution < 1.29 is 9.90 Å². The summed E-state index contributed by atoms with van der Waals surface area (Å²) in [4.78, 5) is 11.3. The van der Waals surface area contributed by atoms with Gasteiger partial charge in [0.05, 0.1) is 0 Å². The van der Waals surface area contributed by atoms with E-state index < -0.39 is 6.09 Å². The molecule has 0 rings (SSSR count). The summed E-state index contributed by atoms with van der Waals surface area (Å²) < 4.78 is 0. The van der Waals surface area contributed by atoms with Gasteiger partial charge in [-0.3, -0.25) is 0 Å². The van der Waals surface area contributed by atoms with E-state index in [9.17, 15) is 4.79 Å². The van der Waals surface area contributed by atoms with Crippen LogP contribution in [0.25, 0.3) is 0 Å². The molecule has 4 nitrogen and oxygen atoms in total. The second-order valence-corrected chi connectivity index (χ2v) is 2.14. The Morgan fingerprint density at radius 2 is 2.33 bits per heavy atom. The van der Waals surface area contributed by atoms with Crippen LogP contribution in [0.1, 0.15) is 6.92 Å². The Bertz CT molecular complexity index is 103. The van der Waals surface area contributed by atoms with Gasteiger partial charge in [0, 0.05) is 19.6 Å². The molecular weight excluding hydrogens is 120 g/mol. The Morgan fingerprint density at radius 1 is 1.89 bits per heavy atom. The summed E-state index contributed by atoms with van der Waals surface area (Å²) in [5.41, 5.74) is 5.33. The highest BCUT2D eigenvalue weighted by molar-refractivity contribution is 5.64. The van der Waals surface area contributed by atoms with Gasteiger partial charge in [-0.05, 0) is 6.92 Å². The lowest BCUT2D eigenvalue weighted by atomic mass is 10.3. The van der Waals surface area contributed by atoms with Crippen LogP contribution in [-0.2, 0) is 0 Å². The predicted octanol–water partition coefficient (Wildman–Crippen LogP) is -0.0566. The first-order valence-corrected chi connectivity index (χ1v) is 2.73. The summed E-state index contributed by atoms with van der Waals surface area (Å²) in [5, 5.41) is 8.30. The lowest BCUT2D eigenvalue weighted by molar-refractivity contribution is 0.154. The van der Waals surface area contributed by atoms with Gasteiger partial charge in [0.25, 0.3) is 0 Å². The van der Waals surface area contributed by atoms with E-state index >= 15 is 0 Å². The molecule has 0 radical (unpaired) electrons. The van der Waals surface area contributed by atoms with Crippen molar-refractivity contribution in [1.82, 2.24) is 4.90 Å². The van der Waals surface area contributed by atoms with E-state index in [4.69, 9.17) is 10.8 Å². The van der Waals surface area contributed by atoms with Crippen molar-refractivity contribution in [3.8, 4) is 0 Å². The van der Waals surface area contributed by atoms with Crippen molar-refractivity contribution in [2.75, 3.05) is 13.6 Å². The molecule has 0 bridgehead atoms. The fraction of sp³-hybridized carbons (Fsp3) is 0.800. The van der Waals surface area contributed by atoms with Crippen LogP contribution in [0.3, 0.4) is 0 Å². The molecule has 0 aliphatic heterocycles. The summed E-state index contributed by atoms with van der Waals surface area (Å²) >= 11 is 0. The number of nitrogens with zero attached hydrogens (tertiary/aromatic N) is 1. The van der Waals surface area contributed by atoms with Gasteiger partial charge >= 0.3 is 6.09 Å². The van der Waals surface area contributed by atoms with Crippen molar-refractivity contribution in [3.05, 3.63) is 0 Å². The van der Waals surface area contributed by atoms with Crippen LogP contribution < -0.4 is 5.73 Å². The minimum atomic E-state index is -0.938. The van der Waals surface area contributed by atoms with Crippen LogP contribution in [-0.4, -0.2) is 35.7 Å². The SMILES string of the molecule is CC(N)CN(C)C(=O)O. The molecule has 9 heavy (non-hydrogen) atoms. The first kappa shape index (κ1) is 8.23. The molecule has 1 atom stereocenters. The maximum absolute atomic E-state index is 10.1. The number of carbonyl (C=O) groups is 1. The molecule has 0 spiro atoms. The Kier molecular flexibility index (Phi) is 3.01. The van der Waals surface area contributed by atoms with Crippen molar-refractivity contribution in [2.24, 2.45) is 5.73 Å². The standard InChI is InChI=1S/C5H12N2O2/c1-4(6)3-7(2)5(8)9/h4H,3,6H2,1-2H3,(H,8,9). The molecule has 3 N–H and O–H groups in total. The number of amides is 1. The normalized spacial score (nSPS) is 12.8. The molecule has 0 aliphatic rings. The fourth-order valence-electron chi connectivity index (χ4n) is 0.510. The zero-order valence-corrected chi connectivity index (χ0v) is 5.66. The number of hydrogen-bond donors (Lipinski definition) is 2. The van der Waals surface area contributed by atoms with Crippen LogP contribution in [0, 0.1) is 0 Å². The number of likely N-dealkylation sites (N-methyl/N-ethyl adjacent to an activating group) is 1. The first-order chi connectivity index (χ1) is 4.04. The highest BCUT2D eigenvalue weighted by atomic mass is 16.4. The van der Waals surface area contributed by atoms with Crippen LogP contribution in [0.5, 0.6) is 0 Å². The average Bonchev–Trinajstić information content (AvgIpc) is 1.63. The van der Waals surface area contributed by atoms with Gasteiger partial charge < -0.3 is 15.7 Å². The maximum Gasteiger partial charge on any atom is 0.407 e. The summed E-state index contributed by atoms with van der Waals surface area (Å²) in [5.74, 6) is 0. The van der Waals surface area contributed by atoms with E-state index in [1.54, 1.807) is 6.92 Å². The molecule has 0 aliphatic carbocycles. The summed E-state index contributed by atoms with van der Waals surface area (Å²) in [7, 11) is 1.49.